The summed E-state index contributed by atoms with van der Waals surface area (Å²) in [4.78, 5) is 15.2. The summed E-state index contributed by atoms with van der Waals surface area (Å²) in [6.07, 6.45) is 3.53. The fraction of sp³-hybridized carbons (Fsp3) is 0.158. The van der Waals surface area contributed by atoms with Crippen LogP contribution in [-0.4, -0.2) is 17.1 Å². The molecule has 0 fully saturated rings. The minimum absolute atomic E-state index is 0.143. The number of hydrogen-bond acceptors (Lipinski definition) is 2. The molecule has 0 bridgehead atoms. The Morgan fingerprint density at radius 2 is 2.00 bits per heavy atom. The molecule has 0 atom stereocenters. The molecule has 2 aromatic carbocycles. The van der Waals surface area contributed by atoms with Crippen molar-refractivity contribution in [3.05, 3.63) is 64.3 Å². The Labute approximate surface area is 145 Å². The molecule has 0 aliphatic carbocycles. The first-order chi connectivity index (χ1) is 11.5. The monoisotopic (exact) mass is 339 g/mol. The number of aryl methyl sites for hydroxylation is 2. The molecule has 0 radical (unpaired) electrons. The van der Waals surface area contributed by atoms with Crippen molar-refractivity contribution in [1.29, 1.82) is 0 Å². The quantitative estimate of drug-likeness (QED) is 0.539. The van der Waals surface area contributed by atoms with Gasteiger partial charge in [-0.25, -0.2) is 5.01 Å². The van der Waals surface area contributed by atoms with Crippen LogP contribution >= 0.6 is 11.6 Å². The summed E-state index contributed by atoms with van der Waals surface area (Å²) in [6, 6.07) is 11.5. The first kappa shape index (κ1) is 16.3. The molecule has 1 amide bonds. The summed E-state index contributed by atoms with van der Waals surface area (Å²) in [5.41, 5.74) is 4.78. The van der Waals surface area contributed by atoms with Crippen molar-refractivity contribution in [2.75, 3.05) is 5.01 Å². The van der Waals surface area contributed by atoms with E-state index in [-0.39, 0.29) is 5.91 Å². The number of carbonyl (C=O) groups excluding carboxylic acids is 1. The molecule has 3 aromatic rings. The molecule has 0 saturated heterocycles. The minimum Gasteiger partial charge on any atom is -0.361 e. The predicted molar refractivity (Wildman–Crippen MR) is 100.0 cm³/mol. The van der Waals surface area contributed by atoms with Crippen LogP contribution in [0.25, 0.3) is 10.9 Å². The number of hydrogen-bond donors (Lipinski definition) is 1. The van der Waals surface area contributed by atoms with Crippen LogP contribution in [0.4, 0.5) is 5.69 Å². The van der Waals surface area contributed by atoms with Gasteiger partial charge >= 0.3 is 0 Å². The summed E-state index contributed by atoms with van der Waals surface area (Å²) in [5.74, 6) is -0.143. The van der Waals surface area contributed by atoms with Gasteiger partial charge in [-0.1, -0.05) is 29.3 Å². The van der Waals surface area contributed by atoms with Gasteiger partial charge in [0.2, 0.25) is 5.91 Å². The van der Waals surface area contributed by atoms with Crippen molar-refractivity contribution < 1.29 is 4.79 Å². The van der Waals surface area contributed by atoms with Gasteiger partial charge in [-0.2, -0.15) is 5.10 Å². The molecule has 122 valence electrons. The highest BCUT2D eigenvalue weighted by Gasteiger charge is 2.13. The van der Waals surface area contributed by atoms with Crippen LogP contribution < -0.4 is 5.01 Å². The standard InChI is InChI=1S/C19H18ClN3O/c1-12-4-7-19(13(2)8-12)23(14(3)24)22-11-15-10-21-18-6-5-16(20)9-17(15)18/h4-11,21H,1-3H3/b22-11+. The molecule has 0 unspecified atom stereocenters. The average Bonchev–Trinajstić information content (AvgIpc) is 2.91. The van der Waals surface area contributed by atoms with Crippen molar-refractivity contribution in [3.63, 3.8) is 0 Å². The molecular formula is C19H18ClN3O. The van der Waals surface area contributed by atoms with Crippen LogP contribution in [0.5, 0.6) is 0 Å². The second kappa shape index (κ2) is 6.49. The number of fused-ring (bicyclic) bond motifs is 1. The number of aromatic nitrogens is 1. The fourth-order valence-electron chi connectivity index (χ4n) is 2.70. The van der Waals surface area contributed by atoms with Crippen molar-refractivity contribution >= 4 is 40.3 Å². The van der Waals surface area contributed by atoms with Gasteiger partial charge in [0.25, 0.3) is 0 Å². The molecule has 1 heterocycles. The van der Waals surface area contributed by atoms with Crippen molar-refractivity contribution in [1.82, 2.24) is 4.98 Å². The van der Waals surface area contributed by atoms with E-state index >= 15 is 0 Å². The lowest BCUT2D eigenvalue weighted by Crippen LogP contribution is -2.23. The van der Waals surface area contributed by atoms with Gasteiger partial charge in [-0.15, -0.1) is 0 Å². The van der Waals surface area contributed by atoms with Gasteiger partial charge in [0, 0.05) is 34.6 Å². The number of H-pyrrole nitrogens is 1. The highest BCUT2D eigenvalue weighted by atomic mass is 35.5. The molecule has 0 saturated carbocycles. The largest absolute Gasteiger partial charge is 0.361 e. The number of carbonyl (C=O) groups is 1. The van der Waals surface area contributed by atoms with Gasteiger partial charge in [0.1, 0.15) is 0 Å². The smallest absolute Gasteiger partial charge is 0.244 e. The Morgan fingerprint density at radius 3 is 2.71 bits per heavy atom. The lowest BCUT2D eigenvalue weighted by atomic mass is 10.1. The van der Waals surface area contributed by atoms with Crippen molar-refractivity contribution in [2.24, 2.45) is 5.10 Å². The van der Waals surface area contributed by atoms with Crippen LogP contribution in [0.3, 0.4) is 0 Å². The number of nitrogens with one attached hydrogen (secondary N) is 1. The van der Waals surface area contributed by atoms with Crippen molar-refractivity contribution in [3.8, 4) is 0 Å². The van der Waals surface area contributed by atoms with E-state index in [1.807, 2.05) is 56.4 Å². The highest BCUT2D eigenvalue weighted by Crippen LogP contribution is 2.24. The Kier molecular flexibility index (Phi) is 4.40. The van der Waals surface area contributed by atoms with Gasteiger partial charge in [0.15, 0.2) is 0 Å². The third kappa shape index (κ3) is 3.19. The maximum atomic E-state index is 12.0. The SMILES string of the molecule is CC(=O)N(/N=C/c1c[nH]c2ccc(Cl)cc12)c1ccc(C)cc1C. The number of amides is 1. The maximum absolute atomic E-state index is 12.0. The minimum atomic E-state index is -0.143. The van der Waals surface area contributed by atoms with Gasteiger partial charge < -0.3 is 4.98 Å². The van der Waals surface area contributed by atoms with Crippen LogP contribution in [0.2, 0.25) is 5.02 Å². The second-order valence-corrected chi connectivity index (χ2v) is 6.24. The van der Waals surface area contributed by atoms with Crippen LogP contribution in [0.1, 0.15) is 23.6 Å². The van der Waals surface area contributed by atoms with Gasteiger partial charge in [-0.3, -0.25) is 4.79 Å². The first-order valence-corrected chi connectivity index (χ1v) is 8.02. The number of benzene rings is 2. The summed E-state index contributed by atoms with van der Waals surface area (Å²) in [6.45, 7) is 5.50. The summed E-state index contributed by atoms with van der Waals surface area (Å²) in [7, 11) is 0. The van der Waals surface area contributed by atoms with E-state index in [1.54, 1.807) is 6.21 Å². The van der Waals surface area contributed by atoms with E-state index in [0.717, 1.165) is 33.3 Å². The molecule has 1 N–H and O–H groups in total. The number of halogens is 1. The zero-order valence-corrected chi connectivity index (χ0v) is 14.6. The Morgan fingerprint density at radius 1 is 1.21 bits per heavy atom. The van der Waals surface area contributed by atoms with E-state index in [9.17, 15) is 4.79 Å². The number of anilines is 1. The molecule has 0 aliphatic heterocycles. The number of aromatic amines is 1. The number of nitrogens with zero attached hydrogens (tertiary/aromatic N) is 2. The molecule has 0 aliphatic rings. The molecule has 3 rings (SSSR count). The molecule has 0 spiro atoms. The Balaban J connectivity index is 1.99. The second-order valence-electron chi connectivity index (χ2n) is 5.80. The van der Waals surface area contributed by atoms with E-state index in [1.165, 1.54) is 11.9 Å². The molecular weight excluding hydrogens is 322 g/mol. The normalized spacial score (nSPS) is 11.3. The highest BCUT2D eigenvalue weighted by molar-refractivity contribution is 6.31. The zero-order chi connectivity index (χ0) is 17.3. The zero-order valence-electron chi connectivity index (χ0n) is 13.8. The Bertz CT molecular complexity index is 943. The van der Waals surface area contributed by atoms with E-state index < -0.39 is 0 Å². The summed E-state index contributed by atoms with van der Waals surface area (Å²) in [5, 5.41) is 7.45. The number of hydrazone groups is 1. The van der Waals surface area contributed by atoms with E-state index in [2.05, 4.69) is 10.1 Å². The first-order valence-electron chi connectivity index (χ1n) is 7.64. The average molecular weight is 340 g/mol. The van der Waals surface area contributed by atoms with Crippen LogP contribution in [0, 0.1) is 13.8 Å². The summed E-state index contributed by atoms with van der Waals surface area (Å²) >= 11 is 6.07. The third-order valence-corrected chi connectivity index (χ3v) is 4.10. The van der Waals surface area contributed by atoms with Gasteiger partial charge in [-0.05, 0) is 43.7 Å². The van der Waals surface area contributed by atoms with Gasteiger partial charge in [0.05, 0.1) is 11.9 Å². The number of rotatable bonds is 3. The summed E-state index contributed by atoms with van der Waals surface area (Å²) < 4.78 is 0. The molecule has 1 aromatic heterocycles. The van der Waals surface area contributed by atoms with E-state index in [4.69, 9.17) is 11.6 Å². The third-order valence-electron chi connectivity index (χ3n) is 3.87. The lowest BCUT2D eigenvalue weighted by Gasteiger charge is -2.17. The predicted octanol–water partition coefficient (Wildman–Crippen LogP) is 4.83. The van der Waals surface area contributed by atoms with Crippen LogP contribution in [-0.2, 0) is 4.79 Å². The fourth-order valence-corrected chi connectivity index (χ4v) is 2.87. The van der Waals surface area contributed by atoms with E-state index in [0.29, 0.717) is 5.02 Å². The Hall–Kier alpha value is -2.59. The van der Waals surface area contributed by atoms with Crippen molar-refractivity contribution in [2.45, 2.75) is 20.8 Å². The lowest BCUT2D eigenvalue weighted by molar-refractivity contribution is -0.116. The maximum Gasteiger partial charge on any atom is 0.244 e. The van der Waals surface area contributed by atoms with Crippen LogP contribution in [0.15, 0.2) is 47.7 Å². The molecule has 4 nitrogen and oxygen atoms in total. The molecule has 5 heteroatoms. The molecule has 24 heavy (non-hydrogen) atoms. The topological polar surface area (TPSA) is 48.5 Å².